The van der Waals surface area contributed by atoms with E-state index in [1.54, 1.807) is 0 Å². The summed E-state index contributed by atoms with van der Waals surface area (Å²) < 4.78 is 2.50. The lowest BCUT2D eigenvalue weighted by Crippen LogP contribution is -2.19. The second-order valence-electron chi connectivity index (χ2n) is 16.6. The Balaban J connectivity index is 1.25. The van der Waals surface area contributed by atoms with Gasteiger partial charge in [0.2, 0.25) is 0 Å². The van der Waals surface area contributed by atoms with Gasteiger partial charge < -0.3 is 9.47 Å². The van der Waals surface area contributed by atoms with Gasteiger partial charge in [0.15, 0.2) is 0 Å². The molecule has 3 aliphatic rings. The van der Waals surface area contributed by atoms with E-state index in [1.165, 1.54) is 44.1 Å². The van der Waals surface area contributed by atoms with Gasteiger partial charge in [-0.15, -0.1) is 0 Å². The van der Waals surface area contributed by atoms with Crippen LogP contribution in [0.3, 0.4) is 0 Å². The zero-order valence-corrected chi connectivity index (χ0v) is 34.2. The number of rotatable bonds is 6. The number of fused-ring (bicyclic) bond motifs is 10. The van der Waals surface area contributed by atoms with Crippen molar-refractivity contribution in [1.82, 2.24) is 4.57 Å². The van der Waals surface area contributed by atoms with Gasteiger partial charge in [0.25, 0.3) is 0 Å². The van der Waals surface area contributed by atoms with Gasteiger partial charge in [-0.1, -0.05) is 161 Å². The smallest absolute Gasteiger partial charge is 0.0640 e. The van der Waals surface area contributed by atoms with Crippen molar-refractivity contribution < 1.29 is 0 Å². The first-order chi connectivity index (χ1) is 28.7. The Labute approximate surface area is 347 Å². The Kier molecular flexibility index (Phi) is 8.72. The molecule has 286 valence electrons. The van der Waals surface area contributed by atoms with Crippen molar-refractivity contribution in [3.05, 3.63) is 222 Å². The maximum absolute atomic E-state index is 5.43. The summed E-state index contributed by atoms with van der Waals surface area (Å²) >= 11 is 0. The summed E-state index contributed by atoms with van der Waals surface area (Å²) in [7, 11) is 0. The molecule has 0 spiro atoms. The predicted octanol–water partition coefficient (Wildman–Crippen LogP) is 14.7. The van der Waals surface area contributed by atoms with E-state index in [0.717, 1.165) is 68.3 Å². The van der Waals surface area contributed by atoms with E-state index in [9.17, 15) is 0 Å². The van der Waals surface area contributed by atoms with Crippen LogP contribution in [0.25, 0.3) is 49.8 Å². The van der Waals surface area contributed by atoms with E-state index in [1.807, 2.05) is 6.07 Å². The van der Waals surface area contributed by atoms with Crippen LogP contribution in [-0.2, 0) is 5.41 Å². The van der Waals surface area contributed by atoms with Gasteiger partial charge in [-0.25, -0.2) is 0 Å². The lowest BCUT2D eigenvalue weighted by atomic mass is 9.79. The zero-order chi connectivity index (χ0) is 40.4. The van der Waals surface area contributed by atoms with Crippen molar-refractivity contribution in [1.29, 1.82) is 0 Å². The van der Waals surface area contributed by atoms with E-state index >= 15 is 0 Å². The minimum absolute atomic E-state index is 0.264. The Morgan fingerprint density at radius 3 is 2.25 bits per heavy atom. The summed E-state index contributed by atoms with van der Waals surface area (Å²) in [6, 6.07) is 48.0. The third-order valence-corrected chi connectivity index (χ3v) is 12.6. The molecule has 0 saturated heterocycles. The minimum Gasteiger partial charge on any atom is -0.316 e. The van der Waals surface area contributed by atoms with Gasteiger partial charge in [0.05, 0.1) is 22.4 Å². The number of aromatic nitrogens is 1. The SMILES string of the molecule is C=C(C1=C(N=C(C)c2cccc(N3/C=C\C=C/C(=C)c4c5c(c6c(c43)c3ccccc3n6-c3ccccc3)C(C)(C)c3ccccc3-5)c2)C(C)CC=C1)c1ccccc1. The van der Waals surface area contributed by atoms with Crippen LogP contribution in [0, 0.1) is 5.92 Å². The highest BCUT2D eigenvalue weighted by molar-refractivity contribution is 6.23. The van der Waals surface area contributed by atoms with E-state index in [2.05, 4.69) is 208 Å². The predicted molar refractivity (Wildman–Crippen MR) is 252 cm³/mol. The summed E-state index contributed by atoms with van der Waals surface area (Å²) in [5, 5.41) is 2.42. The Morgan fingerprint density at radius 1 is 0.746 bits per heavy atom. The Bertz CT molecular complexity index is 3030. The third kappa shape index (κ3) is 5.75. The lowest BCUT2D eigenvalue weighted by Gasteiger charge is -2.31. The van der Waals surface area contributed by atoms with Gasteiger partial charge >= 0.3 is 0 Å². The van der Waals surface area contributed by atoms with E-state index in [0.29, 0.717) is 0 Å². The van der Waals surface area contributed by atoms with Gasteiger partial charge in [-0.2, -0.15) is 0 Å². The molecule has 0 N–H and O–H groups in total. The fraction of sp³-hybridized carbons (Fsp3) is 0.125. The average Bonchev–Trinajstić information content (AvgIpc) is 3.72. The highest BCUT2D eigenvalue weighted by Gasteiger charge is 2.42. The molecular formula is C56H47N3. The summed E-state index contributed by atoms with van der Waals surface area (Å²) in [5.41, 5.74) is 19.1. The standard InChI is InChI=1S/C56H47N3/c1-36-21-17-18-34-58(43-28-20-25-41(35-43)39(4)57-53-37(2)22-19-31-44(53)38(3)40-23-9-7-10-24-40)54-49(36)50-45-29-13-15-32-47(45)56(5,6)52(50)55-51(54)46-30-14-16-33-48(46)59(55)42-26-11-8-12-27-42/h7-21,23-35,37H,1,3,22H2,2,4-6H3/b21-17-,34-18-,57-39?. The quantitative estimate of drug-likeness (QED) is 0.155. The Hall–Kier alpha value is -6.97. The molecule has 3 heteroatoms. The van der Waals surface area contributed by atoms with Crippen molar-refractivity contribution in [2.45, 2.75) is 39.5 Å². The number of benzene rings is 6. The van der Waals surface area contributed by atoms with Crippen molar-refractivity contribution >= 4 is 50.0 Å². The molecule has 1 aromatic heterocycles. The summed E-state index contributed by atoms with van der Waals surface area (Å²) in [6.07, 6.45) is 14.1. The molecule has 6 aromatic carbocycles. The highest BCUT2D eigenvalue weighted by atomic mass is 15.1. The van der Waals surface area contributed by atoms with Crippen molar-refractivity contribution in [2.24, 2.45) is 10.9 Å². The number of allylic oxidation sites excluding steroid dienone is 9. The monoisotopic (exact) mass is 761 g/mol. The summed E-state index contributed by atoms with van der Waals surface area (Å²) in [4.78, 5) is 7.82. The third-order valence-electron chi connectivity index (χ3n) is 12.6. The van der Waals surface area contributed by atoms with Gasteiger partial charge in [-0.05, 0) is 94.3 Å². The first-order valence-electron chi connectivity index (χ1n) is 20.7. The van der Waals surface area contributed by atoms with E-state index < -0.39 is 0 Å². The summed E-state index contributed by atoms with van der Waals surface area (Å²) in [5.74, 6) is 0.264. The van der Waals surface area contributed by atoms with Crippen LogP contribution in [0.5, 0.6) is 0 Å². The number of aliphatic imine (C=N–C) groups is 1. The molecular weight excluding hydrogens is 715 g/mol. The molecule has 1 atom stereocenters. The van der Waals surface area contributed by atoms with Crippen LogP contribution < -0.4 is 4.90 Å². The lowest BCUT2D eigenvalue weighted by molar-refractivity contribution is 0.664. The number of nitrogens with zero attached hydrogens (tertiary/aromatic N) is 3. The molecule has 0 amide bonds. The second-order valence-corrected chi connectivity index (χ2v) is 16.6. The molecule has 0 bridgehead atoms. The molecule has 1 unspecified atom stereocenters. The zero-order valence-electron chi connectivity index (χ0n) is 34.2. The van der Waals surface area contributed by atoms with Gasteiger partial charge in [0.1, 0.15) is 0 Å². The molecule has 0 fully saturated rings. The molecule has 10 rings (SSSR count). The fourth-order valence-electron chi connectivity index (χ4n) is 9.74. The maximum atomic E-state index is 5.43. The van der Waals surface area contributed by atoms with Crippen LogP contribution >= 0.6 is 0 Å². The number of anilines is 2. The van der Waals surface area contributed by atoms with Crippen molar-refractivity contribution in [3.8, 4) is 16.8 Å². The van der Waals surface area contributed by atoms with E-state index in [-0.39, 0.29) is 11.3 Å². The Morgan fingerprint density at radius 2 is 1.44 bits per heavy atom. The van der Waals surface area contributed by atoms with Crippen molar-refractivity contribution in [3.63, 3.8) is 0 Å². The minimum atomic E-state index is -0.272. The van der Waals surface area contributed by atoms with Crippen LogP contribution in [-0.4, -0.2) is 10.3 Å². The molecule has 3 nitrogen and oxygen atoms in total. The first-order valence-corrected chi connectivity index (χ1v) is 20.7. The topological polar surface area (TPSA) is 20.5 Å². The van der Waals surface area contributed by atoms with Crippen LogP contribution in [0.1, 0.15) is 61.9 Å². The maximum Gasteiger partial charge on any atom is 0.0640 e. The van der Waals surface area contributed by atoms with Crippen LogP contribution in [0.4, 0.5) is 11.4 Å². The second kappa shape index (κ2) is 14.1. The molecule has 2 heterocycles. The fourth-order valence-corrected chi connectivity index (χ4v) is 9.74. The number of para-hydroxylation sites is 2. The normalized spacial score (nSPS) is 18.0. The van der Waals surface area contributed by atoms with Crippen molar-refractivity contribution in [2.75, 3.05) is 4.90 Å². The average molecular weight is 762 g/mol. The molecule has 0 saturated carbocycles. The molecule has 59 heavy (non-hydrogen) atoms. The molecule has 1 aliphatic heterocycles. The number of hydrogen-bond donors (Lipinski definition) is 0. The number of hydrogen-bond acceptors (Lipinski definition) is 2. The first kappa shape index (κ1) is 36.4. The highest BCUT2D eigenvalue weighted by Crippen LogP contribution is 2.59. The van der Waals surface area contributed by atoms with Crippen LogP contribution in [0.15, 0.2) is 199 Å². The molecule has 2 aliphatic carbocycles. The van der Waals surface area contributed by atoms with E-state index in [4.69, 9.17) is 11.6 Å². The molecule has 7 aromatic rings. The van der Waals surface area contributed by atoms with Gasteiger partial charge in [-0.3, -0.25) is 4.99 Å². The molecule has 0 radical (unpaired) electrons. The summed E-state index contributed by atoms with van der Waals surface area (Å²) in [6.45, 7) is 18.5. The largest absolute Gasteiger partial charge is 0.316 e. The van der Waals surface area contributed by atoms with Crippen LogP contribution in [0.2, 0.25) is 0 Å². The van der Waals surface area contributed by atoms with Gasteiger partial charge in [0, 0.05) is 56.5 Å².